The normalized spacial score (nSPS) is 10.3. The number of hydrogen-bond acceptors (Lipinski definition) is 6. The molecule has 0 atom stereocenters. The highest BCUT2D eigenvalue weighted by Crippen LogP contribution is 2.13. The third-order valence-corrected chi connectivity index (χ3v) is 2.52. The molecule has 0 spiro atoms. The second-order valence-electron chi connectivity index (χ2n) is 3.07. The summed E-state index contributed by atoms with van der Waals surface area (Å²) in [7, 11) is 0. The molecule has 2 aromatic rings. The number of carbonyl (C=O) groups excluding carboxylic acids is 1. The first-order valence-corrected chi connectivity index (χ1v) is 5.40. The summed E-state index contributed by atoms with van der Waals surface area (Å²) in [5.74, 6) is -0.267. The number of nitrogens with one attached hydrogen (secondary N) is 1. The molecule has 0 saturated heterocycles. The summed E-state index contributed by atoms with van der Waals surface area (Å²) in [6.45, 7) is 2.61. The molecule has 0 aliphatic heterocycles. The quantitative estimate of drug-likeness (QED) is 0.815. The maximum atomic E-state index is 11.8. The molecular weight excluding hydrogens is 228 g/mol. The SMILES string of the molecule is CCn1cc(N)cc1C(=O)Nc1nnns1. The Morgan fingerprint density at radius 1 is 1.69 bits per heavy atom. The largest absolute Gasteiger partial charge is 0.397 e. The lowest BCUT2D eigenvalue weighted by Crippen LogP contribution is -2.16. The molecule has 1 amide bonds. The van der Waals surface area contributed by atoms with Gasteiger partial charge in [-0.25, -0.2) is 0 Å². The third kappa shape index (κ3) is 2.01. The Balaban J connectivity index is 2.20. The van der Waals surface area contributed by atoms with Crippen LogP contribution in [0.4, 0.5) is 10.8 Å². The summed E-state index contributed by atoms with van der Waals surface area (Å²) < 4.78 is 5.31. The first kappa shape index (κ1) is 10.6. The fourth-order valence-corrected chi connectivity index (χ4v) is 1.69. The molecule has 0 bridgehead atoms. The van der Waals surface area contributed by atoms with Crippen LogP contribution in [-0.2, 0) is 6.54 Å². The molecule has 0 unspecified atom stereocenters. The van der Waals surface area contributed by atoms with Crippen LogP contribution in [0.25, 0.3) is 0 Å². The molecule has 2 aromatic heterocycles. The standard InChI is InChI=1S/C8H10N6OS/c1-2-14-4-5(9)3-6(14)7(15)10-8-11-12-13-16-8/h3-4H,2,9H2,1H3,(H,10,11,13,15). The second-order valence-corrected chi connectivity index (χ2v) is 3.80. The first-order chi connectivity index (χ1) is 7.70. The number of hydrogen-bond donors (Lipinski definition) is 2. The molecule has 2 rings (SSSR count). The average Bonchev–Trinajstić information content (AvgIpc) is 2.86. The highest BCUT2D eigenvalue weighted by molar-refractivity contribution is 7.09. The number of anilines is 2. The van der Waals surface area contributed by atoms with Crippen LogP contribution < -0.4 is 11.1 Å². The van der Waals surface area contributed by atoms with Crippen LogP contribution in [0.1, 0.15) is 17.4 Å². The molecule has 0 aromatic carbocycles. The number of nitrogens with zero attached hydrogens (tertiary/aromatic N) is 4. The van der Waals surface area contributed by atoms with E-state index in [1.54, 1.807) is 16.8 Å². The zero-order valence-corrected chi connectivity index (χ0v) is 9.36. The van der Waals surface area contributed by atoms with E-state index in [0.717, 1.165) is 11.5 Å². The fraction of sp³-hybridized carbons (Fsp3) is 0.250. The van der Waals surface area contributed by atoms with Crippen LogP contribution >= 0.6 is 11.5 Å². The van der Waals surface area contributed by atoms with Gasteiger partial charge in [0.1, 0.15) is 5.69 Å². The van der Waals surface area contributed by atoms with Gasteiger partial charge in [-0.1, -0.05) is 9.59 Å². The van der Waals surface area contributed by atoms with E-state index in [9.17, 15) is 4.79 Å². The number of carbonyl (C=O) groups is 1. The Morgan fingerprint density at radius 2 is 2.50 bits per heavy atom. The minimum absolute atomic E-state index is 0.267. The molecule has 0 saturated carbocycles. The summed E-state index contributed by atoms with van der Waals surface area (Å²) in [5, 5.41) is 9.98. The summed E-state index contributed by atoms with van der Waals surface area (Å²) in [5.41, 5.74) is 6.68. The van der Waals surface area contributed by atoms with Crippen molar-refractivity contribution in [2.45, 2.75) is 13.5 Å². The van der Waals surface area contributed by atoms with E-state index >= 15 is 0 Å². The maximum absolute atomic E-state index is 11.8. The van der Waals surface area contributed by atoms with E-state index in [4.69, 9.17) is 5.73 Å². The molecule has 16 heavy (non-hydrogen) atoms. The summed E-state index contributed by atoms with van der Waals surface area (Å²) in [6.07, 6.45) is 1.72. The average molecular weight is 238 g/mol. The number of nitrogen functional groups attached to an aromatic ring is 1. The number of amides is 1. The van der Waals surface area contributed by atoms with Crippen LogP contribution in [0.3, 0.4) is 0 Å². The van der Waals surface area contributed by atoms with Crippen LogP contribution in [0.15, 0.2) is 12.3 Å². The van der Waals surface area contributed by atoms with E-state index in [-0.39, 0.29) is 5.91 Å². The van der Waals surface area contributed by atoms with Crippen molar-refractivity contribution in [3.63, 3.8) is 0 Å². The molecule has 0 aliphatic rings. The van der Waals surface area contributed by atoms with Crippen molar-refractivity contribution in [3.8, 4) is 0 Å². The number of aryl methyl sites for hydroxylation is 1. The van der Waals surface area contributed by atoms with Gasteiger partial charge in [-0.05, 0) is 18.2 Å². The van der Waals surface area contributed by atoms with Crippen LogP contribution in [-0.4, -0.2) is 25.3 Å². The van der Waals surface area contributed by atoms with Gasteiger partial charge in [-0.15, -0.1) is 0 Å². The minimum atomic E-state index is -0.267. The zero-order chi connectivity index (χ0) is 11.5. The van der Waals surface area contributed by atoms with Gasteiger partial charge >= 0.3 is 0 Å². The summed E-state index contributed by atoms with van der Waals surface area (Å²) >= 11 is 1.02. The molecule has 0 fully saturated rings. The molecule has 8 heteroatoms. The van der Waals surface area contributed by atoms with Gasteiger partial charge in [0.15, 0.2) is 0 Å². The Bertz CT molecular complexity index is 491. The summed E-state index contributed by atoms with van der Waals surface area (Å²) in [6, 6.07) is 1.62. The Kier molecular flexibility index (Phi) is 2.82. The summed E-state index contributed by atoms with van der Waals surface area (Å²) in [4.78, 5) is 11.8. The van der Waals surface area contributed by atoms with Crippen LogP contribution in [0, 0.1) is 0 Å². The van der Waals surface area contributed by atoms with Gasteiger partial charge in [0, 0.05) is 24.3 Å². The lowest BCUT2D eigenvalue weighted by Gasteiger charge is -2.04. The van der Waals surface area contributed by atoms with Crippen molar-refractivity contribution in [2.75, 3.05) is 11.1 Å². The number of aromatic nitrogens is 4. The van der Waals surface area contributed by atoms with Gasteiger partial charge in [0.25, 0.3) is 5.91 Å². The van der Waals surface area contributed by atoms with E-state index in [2.05, 4.69) is 20.1 Å². The molecular formula is C8H10N6OS. The first-order valence-electron chi connectivity index (χ1n) is 4.62. The molecule has 3 N–H and O–H groups in total. The van der Waals surface area contributed by atoms with Crippen molar-refractivity contribution in [3.05, 3.63) is 18.0 Å². The Hall–Kier alpha value is -1.96. The lowest BCUT2D eigenvalue weighted by atomic mass is 10.4. The molecule has 0 aliphatic carbocycles. The topological polar surface area (TPSA) is 98.7 Å². The zero-order valence-electron chi connectivity index (χ0n) is 8.54. The van der Waals surface area contributed by atoms with Crippen molar-refractivity contribution in [1.29, 1.82) is 0 Å². The minimum Gasteiger partial charge on any atom is -0.397 e. The Labute approximate surface area is 95.4 Å². The number of nitrogens with two attached hydrogens (primary N) is 1. The van der Waals surface area contributed by atoms with Crippen LogP contribution in [0.2, 0.25) is 0 Å². The van der Waals surface area contributed by atoms with E-state index in [0.29, 0.717) is 23.1 Å². The van der Waals surface area contributed by atoms with E-state index in [1.807, 2.05) is 6.92 Å². The Morgan fingerprint density at radius 3 is 3.12 bits per heavy atom. The van der Waals surface area contributed by atoms with Crippen molar-refractivity contribution in [1.82, 2.24) is 19.4 Å². The van der Waals surface area contributed by atoms with E-state index in [1.165, 1.54) is 0 Å². The second kappa shape index (κ2) is 4.27. The highest BCUT2D eigenvalue weighted by atomic mass is 32.1. The fourth-order valence-electron chi connectivity index (χ4n) is 1.33. The smallest absolute Gasteiger partial charge is 0.274 e. The van der Waals surface area contributed by atoms with Gasteiger partial charge in [-0.3, -0.25) is 10.1 Å². The van der Waals surface area contributed by atoms with Gasteiger partial charge in [0.2, 0.25) is 5.13 Å². The predicted octanol–water partition coefficient (Wildman–Crippen LogP) is 0.589. The van der Waals surface area contributed by atoms with Crippen molar-refractivity contribution >= 4 is 28.3 Å². The van der Waals surface area contributed by atoms with Crippen LogP contribution in [0.5, 0.6) is 0 Å². The third-order valence-electron chi connectivity index (χ3n) is 2.01. The van der Waals surface area contributed by atoms with E-state index < -0.39 is 0 Å². The lowest BCUT2D eigenvalue weighted by molar-refractivity contribution is 0.101. The van der Waals surface area contributed by atoms with Crippen molar-refractivity contribution < 1.29 is 4.79 Å². The van der Waals surface area contributed by atoms with Gasteiger partial charge < -0.3 is 10.3 Å². The van der Waals surface area contributed by atoms with Gasteiger partial charge in [-0.2, -0.15) is 0 Å². The number of rotatable bonds is 3. The molecule has 2 heterocycles. The molecule has 7 nitrogen and oxygen atoms in total. The molecule has 0 radical (unpaired) electrons. The molecule has 84 valence electrons. The van der Waals surface area contributed by atoms with Crippen molar-refractivity contribution in [2.24, 2.45) is 0 Å². The maximum Gasteiger partial charge on any atom is 0.274 e. The monoisotopic (exact) mass is 238 g/mol. The highest BCUT2D eigenvalue weighted by Gasteiger charge is 2.13. The van der Waals surface area contributed by atoms with Gasteiger partial charge in [0.05, 0.1) is 5.69 Å². The predicted molar refractivity (Wildman–Crippen MR) is 60.2 cm³/mol.